The average molecular weight is 511 g/mol. The van der Waals surface area contributed by atoms with E-state index in [-0.39, 0.29) is 18.7 Å². The maximum atomic E-state index is 13.0. The van der Waals surface area contributed by atoms with Gasteiger partial charge in [-0.3, -0.25) is 9.59 Å². The predicted octanol–water partition coefficient (Wildman–Crippen LogP) is 5.21. The standard InChI is InChI=1S/C22H24ClF5N2O4/c1-12-14(17-10-13(34-22(23,27)28)6-7-18(17)30-12)8-9-29-19(31)15-4-2-3-5-16(15)20(32)33-11-21(24,25)26/h6-7,10,15-16,30H,2-5,8-9,11H2,1H3,(H,29,31)/t15-,16+/m0/s1. The number of carbonyl (C=O) groups excluding carboxylic acids is 2. The van der Waals surface area contributed by atoms with Gasteiger partial charge in [-0.05, 0) is 49.9 Å². The highest BCUT2D eigenvalue weighted by atomic mass is 35.5. The molecule has 188 valence electrons. The van der Waals surface area contributed by atoms with E-state index in [9.17, 15) is 31.5 Å². The number of aryl methyl sites for hydroxylation is 1. The maximum absolute atomic E-state index is 13.0. The van der Waals surface area contributed by atoms with Crippen LogP contribution in [0.15, 0.2) is 18.2 Å². The van der Waals surface area contributed by atoms with E-state index in [1.807, 2.05) is 0 Å². The van der Waals surface area contributed by atoms with Crippen LogP contribution in [0.1, 0.15) is 36.9 Å². The largest absolute Gasteiger partial charge is 0.487 e. The molecule has 2 N–H and O–H groups in total. The van der Waals surface area contributed by atoms with Crippen molar-refractivity contribution in [3.8, 4) is 5.75 Å². The topological polar surface area (TPSA) is 80.4 Å². The lowest BCUT2D eigenvalue weighted by atomic mass is 9.78. The van der Waals surface area contributed by atoms with Gasteiger partial charge >= 0.3 is 17.7 Å². The van der Waals surface area contributed by atoms with Gasteiger partial charge in [0, 0.05) is 34.7 Å². The molecule has 0 spiro atoms. The molecule has 1 saturated carbocycles. The van der Waals surface area contributed by atoms with E-state index < -0.39 is 42.1 Å². The Morgan fingerprint density at radius 3 is 2.47 bits per heavy atom. The summed E-state index contributed by atoms with van der Waals surface area (Å²) in [4.78, 5) is 28.0. The molecule has 1 aliphatic rings. The van der Waals surface area contributed by atoms with Crippen molar-refractivity contribution >= 4 is 34.4 Å². The minimum atomic E-state index is -4.64. The molecular formula is C22H24ClF5N2O4. The van der Waals surface area contributed by atoms with Crippen LogP contribution < -0.4 is 10.1 Å². The molecule has 1 aliphatic carbocycles. The van der Waals surface area contributed by atoms with Gasteiger partial charge in [-0.15, -0.1) is 8.78 Å². The number of esters is 1. The number of halogens is 6. The molecule has 2 atom stereocenters. The van der Waals surface area contributed by atoms with Crippen molar-refractivity contribution in [1.29, 1.82) is 0 Å². The Hall–Kier alpha value is -2.56. The van der Waals surface area contributed by atoms with Crippen LogP contribution in [0.5, 0.6) is 5.75 Å². The quantitative estimate of drug-likeness (QED) is 0.290. The fourth-order valence-corrected chi connectivity index (χ4v) is 4.40. The van der Waals surface area contributed by atoms with Gasteiger partial charge in [0.25, 0.3) is 0 Å². The number of aromatic nitrogens is 1. The molecule has 6 nitrogen and oxygen atoms in total. The summed E-state index contributed by atoms with van der Waals surface area (Å²) >= 11 is 4.83. The molecule has 3 rings (SSSR count). The van der Waals surface area contributed by atoms with Gasteiger partial charge in [0.15, 0.2) is 6.61 Å². The Labute approximate surface area is 197 Å². The minimum Gasteiger partial charge on any atom is -0.456 e. The number of benzene rings is 1. The van der Waals surface area contributed by atoms with Crippen LogP contribution in [-0.2, 0) is 20.7 Å². The van der Waals surface area contributed by atoms with Crippen LogP contribution in [0, 0.1) is 18.8 Å². The second-order valence-corrected chi connectivity index (χ2v) is 8.69. The highest BCUT2D eigenvalue weighted by molar-refractivity contribution is 6.20. The zero-order chi connectivity index (χ0) is 25.1. The summed E-state index contributed by atoms with van der Waals surface area (Å²) in [6.07, 6.45) is -2.34. The summed E-state index contributed by atoms with van der Waals surface area (Å²) in [5.41, 5.74) is -1.64. The molecular weight excluding hydrogens is 487 g/mol. The molecule has 1 aromatic heterocycles. The third-order valence-electron chi connectivity index (χ3n) is 5.78. The summed E-state index contributed by atoms with van der Waals surface area (Å²) < 4.78 is 71.9. The van der Waals surface area contributed by atoms with E-state index in [1.165, 1.54) is 12.1 Å². The van der Waals surface area contributed by atoms with Crippen LogP contribution in [0.2, 0.25) is 0 Å². The second kappa shape index (κ2) is 10.4. The normalized spacial score (nSPS) is 19.1. The van der Waals surface area contributed by atoms with Crippen molar-refractivity contribution in [2.24, 2.45) is 11.8 Å². The van der Waals surface area contributed by atoms with Gasteiger partial charge in [-0.25, -0.2) is 0 Å². The zero-order valence-electron chi connectivity index (χ0n) is 18.2. The van der Waals surface area contributed by atoms with Crippen molar-refractivity contribution in [3.05, 3.63) is 29.5 Å². The van der Waals surface area contributed by atoms with Crippen molar-refractivity contribution < 1.29 is 41.0 Å². The molecule has 1 aromatic carbocycles. The third kappa shape index (κ3) is 6.97. The molecule has 2 aromatic rings. The smallest absolute Gasteiger partial charge is 0.456 e. The minimum absolute atomic E-state index is 0.126. The first kappa shape index (κ1) is 26.1. The summed E-state index contributed by atoms with van der Waals surface area (Å²) in [5.74, 6) is -3.28. The number of hydrogen-bond acceptors (Lipinski definition) is 4. The molecule has 0 saturated heterocycles. The van der Waals surface area contributed by atoms with Gasteiger partial charge in [-0.2, -0.15) is 13.2 Å². The van der Waals surface area contributed by atoms with Crippen LogP contribution >= 0.6 is 11.6 Å². The number of hydrogen-bond donors (Lipinski definition) is 2. The molecule has 0 aliphatic heterocycles. The maximum Gasteiger partial charge on any atom is 0.487 e. The lowest BCUT2D eigenvalue weighted by molar-refractivity contribution is -0.191. The molecule has 12 heteroatoms. The lowest BCUT2D eigenvalue weighted by Crippen LogP contribution is -2.41. The summed E-state index contributed by atoms with van der Waals surface area (Å²) in [6.45, 7) is 0.281. The Morgan fingerprint density at radius 1 is 1.15 bits per heavy atom. The fourth-order valence-electron chi connectivity index (χ4n) is 4.31. The van der Waals surface area contributed by atoms with E-state index in [1.54, 1.807) is 13.0 Å². The van der Waals surface area contributed by atoms with Crippen LogP contribution in [-0.4, -0.2) is 41.8 Å². The number of nitrogens with one attached hydrogen (secondary N) is 2. The monoisotopic (exact) mass is 510 g/mol. The number of alkyl halides is 6. The Bertz CT molecular complexity index is 1030. The Morgan fingerprint density at radius 2 is 1.82 bits per heavy atom. The highest BCUT2D eigenvalue weighted by Crippen LogP contribution is 2.33. The third-order valence-corrected chi connectivity index (χ3v) is 5.86. The SMILES string of the molecule is Cc1[nH]c2ccc(OC(F)(F)Cl)cc2c1CCNC(=O)[C@H]1CCCC[C@H]1C(=O)OCC(F)(F)F. The summed E-state index contributed by atoms with van der Waals surface area (Å²) in [6, 6.07) is 4.34. The van der Waals surface area contributed by atoms with Crippen molar-refractivity contribution in [2.75, 3.05) is 13.2 Å². The Balaban J connectivity index is 1.63. The van der Waals surface area contributed by atoms with Gasteiger partial charge in [0.05, 0.1) is 11.8 Å². The number of rotatable bonds is 8. The first-order valence-corrected chi connectivity index (χ1v) is 11.1. The molecule has 34 heavy (non-hydrogen) atoms. The molecule has 1 fully saturated rings. The van der Waals surface area contributed by atoms with E-state index in [0.29, 0.717) is 36.6 Å². The first-order chi connectivity index (χ1) is 15.8. The van der Waals surface area contributed by atoms with Gasteiger partial charge in [0.2, 0.25) is 5.91 Å². The van der Waals surface area contributed by atoms with E-state index in [2.05, 4.69) is 19.8 Å². The van der Waals surface area contributed by atoms with Gasteiger partial charge in [-0.1, -0.05) is 12.8 Å². The summed E-state index contributed by atoms with van der Waals surface area (Å²) in [5, 5.41) is 3.36. The fraction of sp³-hybridized carbons (Fsp3) is 0.545. The molecule has 0 radical (unpaired) electrons. The predicted molar refractivity (Wildman–Crippen MR) is 114 cm³/mol. The first-order valence-electron chi connectivity index (χ1n) is 10.7. The Kier molecular flexibility index (Phi) is 7.95. The zero-order valence-corrected chi connectivity index (χ0v) is 19.0. The number of carbonyl (C=O) groups is 2. The number of amides is 1. The van der Waals surface area contributed by atoms with E-state index in [4.69, 9.17) is 11.6 Å². The number of aromatic amines is 1. The van der Waals surface area contributed by atoms with Crippen LogP contribution in [0.4, 0.5) is 22.0 Å². The van der Waals surface area contributed by atoms with E-state index >= 15 is 0 Å². The van der Waals surface area contributed by atoms with Gasteiger partial charge < -0.3 is 19.8 Å². The molecule has 1 amide bonds. The number of fused-ring (bicyclic) bond motifs is 1. The van der Waals surface area contributed by atoms with Gasteiger partial charge in [0.1, 0.15) is 5.75 Å². The lowest BCUT2D eigenvalue weighted by Gasteiger charge is -2.29. The average Bonchev–Trinajstić information content (AvgIpc) is 3.05. The molecule has 1 heterocycles. The summed E-state index contributed by atoms with van der Waals surface area (Å²) in [7, 11) is 0. The number of H-pyrrole nitrogens is 1. The number of ether oxygens (including phenoxy) is 2. The highest BCUT2D eigenvalue weighted by Gasteiger charge is 2.39. The second-order valence-electron chi connectivity index (χ2n) is 8.25. The molecule has 0 unspecified atom stereocenters. The van der Waals surface area contributed by atoms with Crippen LogP contribution in [0.3, 0.4) is 0 Å². The van der Waals surface area contributed by atoms with Crippen molar-refractivity contribution in [2.45, 2.75) is 50.8 Å². The van der Waals surface area contributed by atoms with Crippen molar-refractivity contribution in [1.82, 2.24) is 10.3 Å². The van der Waals surface area contributed by atoms with Crippen molar-refractivity contribution in [3.63, 3.8) is 0 Å². The van der Waals surface area contributed by atoms with E-state index in [0.717, 1.165) is 11.3 Å². The van der Waals surface area contributed by atoms with Crippen LogP contribution in [0.25, 0.3) is 10.9 Å². The molecule has 0 bridgehead atoms.